The van der Waals surface area contributed by atoms with Crippen molar-refractivity contribution in [3.05, 3.63) is 70.5 Å². The highest BCUT2D eigenvalue weighted by Crippen LogP contribution is 2.34. The van der Waals surface area contributed by atoms with Crippen LogP contribution in [0.25, 0.3) is 0 Å². The number of amides is 2. The number of carbonyl (C=O) groups is 2. The van der Waals surface area contributed by atoms with Gasteiger partial charge < -0.3 is 14.9 Å². The van der Waals surface area contributed by atoms with E-state index in [4.69, 9.17) is 11.6 Å². The molecule has 2 heterocycles. The summed E-state index contributed by atoms with van der Waals surface area (Å²) in [5.41, 5.74) is 0.672. The van der Waals surface area contributed by atoms with Crippen LogP contribution in [0.2, 0.25) is 5.02 Å². The molecule has 5 nitrogen and oxygen atoms in total. The van der Waals surface area contributed by atoms with Crippen LogP contribution in [0.5, 0.6) is 0 Å². The lowest BCUT2D eigenvalue weighted by molar-refractivity contribution is -0.140. The number of nitrogens with zero attached hydrogens (tertiary/aromatic N) is 2. The Morgan fingerprint density at radius 1 is 1.10 bits per heavy atom. The second-order valence-electron chi connectivity index (χ2n) is 8.17. The molecule has 2 fully saturated rings. The van der Waals surface area contributed by atoms with Gasteiger partial charge in [0.15, 0.2) is 0 Å². The summed E-state index contributed by atoms with van der Waals surface area (Å²) in [6, 6.07) is 13.2. The van der Waals surface area contributed by atoms with E-state index in [0.717, 1.165) is 11.1 Å². The van der Waals surface area contributed by atoms with Crippen molar-refractivity contribution in [2.75, 3.05) is 19.6 Å². The summed E-state index contributed by atoms with van der Waals surface area (Å²) in [4.78, 5) is 28.8. The number of halogens is 2. The summed E-state index contributed by atoms with van der Waals surface area (Å²) in [5.74, 6) is -0.793. The lowest BCUT2D eigenvalue weighted by Crippen LogP contribution is -2.47. The van der Waals surface area contributed by atoms with E-state index in [2.05, 4.69) is 0 Å². The molecule has 1 atom stereocenters. The molecule has 2 aromatic rings. The number of rotatable bonds is 4. The summed E-state index contributed by atoms with van der Waals surface area (Å²) in [7, 11) is 0. The van der Waals surface area contributed by atoms with Crippen LogP contribution in [0.4, 0.5) is 4.39 Å². The van der Waals surface area contributed by atoms with Gasteiger partial charge in [-0.2, -0.15) is 0 Å². The first-order valence-corrected chi connectivity index (χ1v) is 10.5. The number of hydrogen-bond donors (Lipinski definition) is 1. The lowest BCUT2D eigenvalue weighted by Gasteiger charge is -2.39. The Labute approximate surface area is 180 Å². The first-order valence-electron chi connectivity index (χ1n) is 10.1. The molecule has 0 aromatic heterocycles. The molecule has 2 aliphatic rings. The van der Waals surface area contributed by atoms with E-state index in [1.54, 1.807) is 34.1 Å². The van der Waals surface area contributed by atoms with Crippen molar-refractivity contribution in [1.82, 2.24) is 9.80 Å². The lowest BCUT2D eigenvalue weighted by atomic mass is 9.84. The van der Waals surface area contributed by atoms with Gasteiger partial charge in [0, 0.05) is 37.6 Å². The zero-order valence-corrected chi connectivity index (χ0v) is 17.3. The maximum Gasteiger partial charge on any atom is 0.227 e. The third-order valence-corrected chi connectivity index (χ3v) is 6.39. The summed E-state index contributed by atoms with van der Waals surface area (Å²) < 4.78 is 13.1. The van der Waals surface area contributed by atoms with Crippen LogP contribution in [0.1, 0.15) is 30.4 Å². The molecular formula is C23H24ClFN2O3. The highest BCUT2D eigenvalue weighted by Gasteiger charge is 2.40. The Morgan fingerprint density at radius 2 is 1.73 bits per heavy atom. The fraction of sp³-hybridized carbons (Fsp3) is 0.391. The van der Waals surface area contributed by atoms with Crippen LogP contribution in [0, 0.1) is 11.7 Å². The molecule has 4 rings (SSSR count). The van der Waals surface area contributed by atoms with Crippen molar-refractivity contribution in [1.29, 1.82) is 0 Å². The highest BCUT2D eigenvalue weighted by molar-refractivity contribution is 6.30. The minimum absolute atomic E-state index is 0.0388. The predicted molar refractivity (Wildman–Crippen MR) is 111 cm³/mol. The SMILES string of the molecule is O=C1C[C@@H](C(=O)N2CCC(O)(c3ccc(Cl)cc3)CC2)CN1Cc1ccc(F)cc1. The summed E-state index contributed by atoms with van der Waals surface area (Å²) in [6.07, 6.45) is 1.08. The Morgan fingerprint density at radius 3 is 2.37 bits per heavy atom. The second-order valence-corrected chi connectivity index (χ2v) is 8.60. The van der Waals surface area contributed by atoms with Crippen LogP contribution >= 0.6 is 11.6 Å². The largest absolute Gasteiger partial charge is 0.385 e. The number of piperidine rings is 1. The van der Waals surface area contributed by atoms with Crippen LogP contribution in [0.15, 0.2) is 48.5 Å². The van der Waals surface area contributed by atoms with Crippen LogP contribution in [-0.2, 0) is 21.7 Å². The van der Waals surface area contributed by atoms with E-state index in [-0.39, 0.29) is 30.0 Å². The third-order valence-electron chi connectivity index (χ3n) is 6.13. The molecule has 2 saturated heterocycles. The van der Waals surface area contributed by atoms with Gasteiger partial charge in [0.25, 0.3) is 0 Å². The van der Waals surface area contributed by atoms with Crippen molar-refractivity contribution in [2.45, 2.75) is 31.4 Å². The number of aliphatic hydroxyl groups is 1. The Balaban J connectivity index is 1.34. The molecule has 158 valence electrons. The van der Waals surface area contributed by atoms with E-state index < -0.39 is 5.60 Å². The van der Waals surface area contributed by atoms with Crippen LogP contribution < -0.4 is 0 Å². The molecule has 2 aliphatic heterocycles. The molecule has 7 heteroatoms. The molecule has 30 heavy (non-hydrogen) atoms. The van der Waals surface area contributed by atoms with Crippen molar-refractivity contribution in [3.8, 4) is 0 Å². The van der Waals surface area contributed by atoms with Crippen LogP contribution in [0.3, 0.4) is 0 Å². The summed E-state index contributed by atoms with van der Waals surface area (Å²) in [6.45, 7) is 1.63. The smallest absolute Gasteiger partial charge is 0.227 e. The van der Waals surface area contributed by atoms with Gasteiger partial charge in [-0.3, -0.25) is 9.59 Å². The minimum atomic E-state index is -0.971. The third kappa shape index (κ3) is 4.35. The van der Waals surface area contributed by atoms with Gasteiger partial charge in [-0.1, -0.05) is 35.9 Å². The first kappa shape index (κ1) is 20.8. The molecule has 2 amide bonds. The Hall–Kier alpha value is -2.44. The predicted octanol–water partition coefficient (Wildman–Crippen LogP) is 3.34. The molecule has 0 unspecified atom stereocenters. The minimum Gasteiger partial charge on any atom is -0.385 e. The van der Waals surface area contributed by atoms with Gasteiger partial charge in [-0.15, -0.1) is 0 Å². The molecular weight excluding hydrogens is 407 g/mol. The van der Waals surface area contributed by atoms with E-state index >= 15 is 0 Å². The standard InChI is InChI=1S/C23H24ClFN2O3/c24-19-5-3-18(4-6-19)23(30)9-11-26(12-10-23)22(29)17-13-21(28)27(15-17)14-16-1-7-20(25)8-2-16/h1-8,17,30H,9-15H2/t17-/m1/s1. The number of hydrogen-bond acceptors (Lipinski definition) is 3. The maximum atomic E-state index is 13.1. The topological polar surface area (TPSA) is 60.9 Å². The van der Waals surface area contributed by atoms with E-state index in [0.29, 0.717) is 44.0 Å². The maximum absolute atomic E-state index is 13.1. The Bertz CT molecular complexity index is 924. The van der Waals surface area contributed by atoms with Crippen molar-refractivity contribution in [3.63, 3.8) is 0 Å². The average Bonchev–Trinajstić information content (AvgIpc) is 3.10. The van der Waals surface area contributed by atoms with Crippen molar-refractivity contribution in [2.24, 2.45) is 5.92 Å². The van der Waals surface area contributed by atoms with E-state index in [9.17, 15) is 19.1 Å². The van der Waals surface area contributed by atoms with Crippen molar-refractivity contribution < 1.29 is 19.1 Å². The zero-order chi connectivity index (χ0) is 21.3. The first-order chi connectivity index (χ1) is 14.3. The van der Waals surface area contributed by atoms with E-state index in [1.165, 1.54) is 12.1 Å². The molecule has 0 saturated carbocycles. The fourth-order valence-electron chi connectivity index (χ4n) is 4.30. The molecule has 0 aliphatic carbocycles. The number of benzene rings is 2. The van der Waals surface area contributed by atoms with Gasteiger partial charge >= 0.3 is 0 Å². The average molecular weight is 431 g/mol. The quantitative estimate of drug-likeness (QED) is 0.809. The monoisotopic (exact) mass is 430 g/mol. The number of carbonyl (C=O) groups excluding carboxylic acids is 2. The zero-order valence-electron chi connectivity index (χ0n) is 16.6. The van der Waals surface area contributed by atoms with Crippen LogP contribution in [-0.4, -0.2) is 46.4 Å². The van der Waals surface area contributed by atoms with Gasteiger partial charge in [-0.25, -0.2) is 4.39 Å². The number of likely N-dealkylation sites (tertiary alicyclic amines) is 2. The summed E-state index contributed by atoms with van der Waals surface area (Å²) in [5, 5.41) is 11.6. The molecule has 2 aromatic carbocycles. The Kier molecular flexibility index (Phi) is 5.80. The highest BCUT2D eigenvalue weighted by atomic mass is 35.5. The van der Waals surface area contributed by atoms with Crippen molar-refractivity contribution >= 4 is 23.4 Å². The molecule has 0 bridgehead atoms. The fourth-order valence-corrected chi connectivity index (χ4v) is 4.43. The molecule has 1 N–H and O–H groups in total. The summed E-state index contributed by atoms with van der Waals surface area (Å²) >= 11 is 5.93. The van der Waals surface area contributed by atoms with Gasteiger partial charge in [-0.05, 0) is 48.2 Å². The van der Waals surface area contributed by atoms with E-state index in [1.807, 2.05) is 12.1 Å². The molecule has 0 spiro atoms. The second kappa shape index (κ2) is 8.36. The molecule has 0 radical (unpaired) electrons. The van der Waals surface area contributed by atoms with Gasteiger partial charge in [0.2, 0.25) is 11.8 Å². The normalized spacial score (nSPS) is 21.2. The van der Waals surface area contributed by atoms with Gasteiger partial charge in [0.1, 0.15) is 5.82 Å². The van der Waals surface area contributed by atoms with Gasteiger partial charge in [0.05, 0.1) is 11.5 Å².